The summed E-state index contributed by atoms with van der Waals surface area (Å²) in [6, 6.07) is 9.66. The average molecular weight is 397 g/mol. The predicted octanol–water partition coefficient (Wildman–Crippen LogP) is 2.02. The number of pyridine rings is 2. The number of aryl methyl sites for hydroxylation is 1. The Morgan fingerprint density at radius 3 is 2.43 bits per heavy atom. The molecule has 9 nitrogen and oxygen atoms in total. The number of fused-ring (bicyclic) bond motifs is 1. The number of aromatic nitrogens is 6. The Morgan fingerprint density at radius 1 is 0.933 bits per heavy atom. The van der Waals surface area contributed by atoms with E-state index >= 15 is 0 Å². The van der Waals surface area contributed by atoms with Gasteiger partial charge in [0.05, 0.1) is 17.1 Å². The van der Waals surface area contributed by atoms with Crippen LogP contribution in [0.1, 0.15) is 5.56 Å². The van der Waals surface area contributed by atoms with Crippen molar-refractivity contribution in [2.75, 3.05) is 36.0 Å². The molecule has 1 saturated heterocycles. The minimum atomic E-state index is 0.599. The molecule has 0 N–H and O–H groups in total. The lowest BCUT2D eigenvalue weighted by atomic mass is 10.2. The summed E-state index contributed by atoms with van der Waals surface area (Å²) in [5, 5.41) is 14.7. The molecule has 0 aromatic carbocycles. The first-order valence-electron chi connectivity index (χ1n) is 9.70. The van der Waals surface area contributed by atoms with Gasteiger partial charge in [0.2, 0.25) is 0 Å². The van der Waals surface area contributed by atoms with Gasteiger partial charge in [-0.05, 0) is 24.3 Å². The van der Waals surface area contributed by atoms with E-state index in [0.29, 0.717) is 11.4 Å². The van der Waals surface area contributed by atoms with E-state index in [1.165, 1.54) is 0 Å². The second-order valence-electron chi connectivity index (χ2n) is 7.08. The van der Waals surface area contributed by atoms with Gasteiger partial charge in [0.1, 0.15) is 17.7 Å². The summed E-state index contributed by atoms with van der Waals surface area (Å²) in [5.74, 6) is 2.24. The van der Waals surface area contributed by atoms with E-state index in [-0.39, 0.29) is 0 Å². The first-order chi connectivity index (χ1) is 14.7. The molecule has 0 saturated carbocycles. The van der Waals surface area contributed by atoms with Crippen molar-refractivity contribution in [3.63, 3.8) is 0 Å². The maximum absolute atomic E-state index is 9.38. The SMILES string of the molecule is Cn1ncc2c(N3CCN(c4ncccc4C#N)CC3)nc(-c3cccnc3)nc21. The van der Waals surface area contributed by atoms with E-state index in [0.717, 1.165) is 54.4 Å². The molecule has 0 spiro atoms. The molecule has 0 aliphatic carbocycles. The monoisotopic (exact) mass is 397 g/mol. The number of nitriles is 1. The predicted molar refractivity (Wildman–Crippen MR) is 113 cm³/mol. The van der Waals surface area contributed by atoms with Crippen LogP contribution < -0.4 is 9.80 Å². The summed E-state index contributed by atoms with van der Waals surface area (Å²) in [4.78, 5) is 22.6. The minimum Gasteiger partial charge on any atom is -0.352 e. The van der Waals surface area contributed by atoms with E-state index in [2.05, 4.69) is 30.9 Å². The number of hydrogen-bond donors (Lipinski definition) is 0. The number of piperazine rings is 1. The molecule has 9 heteroatoms. The molecule has 1 aliphatic heterocycles. The van der Waals surface area contributed by atoms with Gasteiger partial charge in [-0.1, -0.05) is 0 Å². The number of anilines is 2. The van der Waals surface area contributed by atoms with Crippen LogP contribution in [0.2, 0.25) is 0 Å². The zero-order chi connectivity index (χ0) is 20.5. The fourth-order valence-corrected chi connectivity index (χ4v) is 3.74. The molecule has 1 fully saturated rings. The number of rotatable bonds is 3. The van der Waals surface area contributed by atoms with E-state index in [9.17, 15) is 5.26 Å². The van der Waals surface area contributed by atoms with E-state index in [4.69, 9.17) is 9.97 Å². The molecule has 5 rings (SSSR count). The molecule has 4 aromatic rings. The van der Waals surface area contributed by atoms with Gasteiger partial charge >= 0.3 is 0 Å². The first-order valence-corrected chi connectivity index (χ1v) is 9.70. The third-order valence-electron chi connectivity index (χ3n) is 5.28. The van der Waals surface area contributed by atoms with Crippen molar-refractivity contribution in [3.8, 4) is 17.5 Å². The quantitative estimate of drug-likeness (QED) is 0.518. The van der Waals surface area contributed by atoms with Crippen molar-refractivity contribution in [1.29, 1.82) is 5.26 Å². The summed E-state index contributed by atoms with van der Waals surface area (Å²) in [5.41, 5.74) is 2.26. The molecule has 0 bridgehead atoms. The Labute approximate surface area is 173 Å². The lowest BCUT2D eigenvalue weighted by molar-refractivity contribution is 0.642. The first kappa shape index (κ1) is 18.0. The van der Waals surface area contributed by atoms with Gasteiger partial charge in [-0.3, -0.25) is 9.67 Å². The maximum Gasteiger partial charge on any atom is 0.165 e. The zero-order valence-corrected chi connectivity index (χ0v) is 16.5. The molecule has 5 heterocycles. The fraction of sp³-hybridized carbons (Fsp3) is 0.238. The number of nitrogens with zero attached hydrogens (tertiary/aromatic N) is 9. The maximum atomic E-state index is 9.38. The molecule has 4 aromatic heterocycles. The molecule has 0 atom stereocenters. The largest absolute Gasteiger partial charge is 0.352 e. The molecule has 0 amide bonds. The van der Waals surface area contributed by atoms with E-state index in [1.807, 2.05) is 25.4 Å². The van der Waals surface area contributed by atoms with Gasteiger partial charge in [0.25, 0.3) is 0 Å². The highest BCUT2D eigenvalue weighted by molar-refractivity contribution is 5.88. The lowest BCUT2D eigenvalue weighted by Gasteiger charge is -2.36. The second kappa shape index (κ2) is 7.40. The summed E-state index contributed by atoms with van der Waals surface area (Å²) < 4.78 is 1.77. The topological polar surface area (TPSA) is 99.7 Å². The van der Waals surface area contributed by atoms with Crippen LogP contribution in [0.15, 0.2) is 49.1 Å². The van der Waals surface area contributed by atoms with E-state index < -0.39 is 0 Å². The van der Waals surface area contributed by atoms with Crippen LogP contribution in [0.5, 0.6) is 0 Å². The molecular formula is C21H19N9. The molecule has 30 heavy (non-hydrogen) atoms. The van der Waals surface area contributed by atoms with Gasteiger partial charge in [-0.15, -0.1) is 0 Å². The summed E-state index contributed by atoms with van der Waals surface area (Å²) in [6.07, 6.45) is 7.05. The standard InChI is InChI=1S/C21H19N9/c1-28-20-17(14-25-28)21(27-18(26-20)16-5-2-6-23-13-16)30-10-8-29(9-11-30)19-15(12-22)4-3-7-24-19/h2-7,13-14H,8-11H2,1H3. The molecular weight excluding hydrogens is 378 g/mol. The summed E-state index contributed by atoms with van der Waals surface area (Å²) in [6.45, 7) is 3.02. The lowest BCUT2D eigenvalue weighted by Crippen LogP contribution is -2.47. The van der Waals surface area contributed by atoms with Crippen molar-refractivity contribution in [2.24, 2.45) is 7.05 Å². The molecule has 0 radical (unpaired) electrons. The summed E-state index contributed by atoms with van der Waals surface area (Å²) >= 11 is 0. The average Bonchev–Trinajstić information content (AvgIpc) is 3.20. The fourth-order valence-electron chi connectivity index (χ4n) is 3.74. The normalized spacial score (nSPS) is 14.1. The molecule has 0 unspecified atom stereocenters. The third-order valence-corrected chi connectivity index (χ3v) is 5.28. The van der Waals surface area contributed by atoms with Crippen LogP contribution in [0.3, 0.4) is 0 Å². The van der Waals surface area contributed by atoms with Gasteiger partial charge in [-0.2, -0.15) is 10.4 Å². The summed E-state index contributed by atoms with van der Waals surface area (Å²) in [7, 11) is 1.88. The Bertz CT molecular complexity index is 1230. The van der Waals surface area contributed by atoms with E-state index in [1.54, 1.807) is 35.4 Å². The van der Waals surface area contributed by atoms with Gasteiger partial charge in [0, 0.05) is 57.4 Å². The van der Waals surface area contributed by atoms with Crippen LogP contribution >= 0.6 is 0 Å². The van der Waals surface area contributed by atoms with Gasteiger partial charge in [-0.25, -0.2) is 15.0 Å². The van der Waals surface area contributed by atoms with Crippen molar-refractivity contribution >= 4 is 22.7 Å². The van der Waals surface area contributed by atoms with Crippen LogP contribution in [-0.2, 0) is 7.05 Å². The van der Waals surface area contributed by atoms with Crippen LogP contribution in [0.25, 0.3) is 22.4 Å². The Morgan fingerprint density at radius 2 is 1.70 bits per heavy atom. The second-order valence-corrected chi connectivity index (χ2v) is 7.08. The van der Waals surface area contributed by atoms with Crippen LogP contribution in [0.4, 0.5) is 11.6 Å². The Balaban J connectivity index is 1.48. The smallest absolute Gasteiger partial charge is 0.165 e. The molecule has 1 aliphatic rings. The van der Waals surface area contributed by atoms with Gasteiger partial charge in [0.15, 0.2) is 11.5 Å². The van der Waals surface area contributed by atoms with Crippen molar-refractivity contribution < 1.29 is 0 Å². The minimum absolute atomic E-state index is 0.599. The molecule has 148 valence electrons. The van der Waals surface area contributed by atoms with Crippen LogP contribution in [-0.4, -0.2) is 55.9 Å². The Kier molecular flexibility index (Phi) is 4.44. The Hall–Kier alpha value is -4.06. The number of hydrogen-bond acceptors (Lipinski definition) is 8. The van der Waals surface area contributed by atoms with Crippen molar-refractivity contribution in [1.82, 2.24) is 29.7 Å². The van der Waals surface area contributed by atoms with Crippen molar-refractivity contribution in [3.05, 3.63) is 54.6 Å². The van der Waals surface area contributed by atoms with Crippen LogP contribution in [0, 0.1) is 11.3 Å². The van der Waals surface area contributed by atoms with Gasteiger partial charge < -0.3 is 9.80 Å². The third kappa shape index (κ3) is 3.08. The van der Waals surface area contributed by atoms with Crippen molar-refractivity contribution in [2.45, 2.75) is 0 Å². The highest BCUT2D eigenvalue weighted by Gasteiger charge is 2.24. The zero-order valence-electron chi connectivity index (χ0n) is 16.5. The highest BCUT2D eigenvalue weighted by atomic mass is 15.3. The highest BCUT2D eigenvalue weighted by Crippen LogP contribution is 2.28.